The smallest absolute Gasteiger partial charge is 0.295 e. The van der Waals surface area contributed by atoms with Crippen molar-refractivity contribution in [1.82, 2.24) is 4.90 Å². The summed E-state index contributed by atoms with van der Waals surface area (Å²) in [5.41, 5.74) is 2.35. The lowest BCUT2D eigenvalue weighted by Crippen LogP contribution is -2.40. The molecular formula is C28H32FNO3. The fourth-order valence-corrected chi connectivity index (χ4v) is 5.08. The third-order valence-electron chi connectivity index (χ3n) is 7.01. The van der Waals surface area contributed by atoms with Crippen molar-refractivity contribution in [3.63, 3.8) is 0 Å². The Balaban J connectivity index is 1.93. The molecule has 1 aliphatic heterocycles. The van der Waals surface area contributed by atoms with E-state index < -0.39 is 23.5 Å². The van der Waals surface area contributed by atoms with Crippen LogP contribution in [0.3, 0.4) is 0 Å². The van der Waals surface area contributed by atoms with E-state index in [0.717, 1.165) is 43.2 Å². The zero-order valence-electron chi connectivity index (χ0n) is 19.8. The number of Topliss-reactive ketones (excluding diaryl/α,β-unsaturated/α-hetero) is 1. The van der Waals surface area contributed by atoms with Crippen LogP contribution in [0.25, 0.3) is 5.76 Å². The normalized spacial score (nSPS) is 21.6. The summed E-state index contributed by atoms with van der Waals surface area (Å²) in [6.07, 6.45) is 4.56. The van der Waals surface area contributed by atoms with Crippen LogP contribution in [-0.4, -0.2) is 27.7 Å². The first-order valence-electron chi connectivity index (χ1n) is 11.8. The average Bonchev–Trinajstić information content (AvgIpc) is 3.04. The standard InChI is InChI=1S/C28H32FNO3/c1-17-14-15-18(28(2,3)4)16-21(17)25(31)23-24(20-12-8-9-13-22(20)29)30(27(33)26(23)32)19-10-6-5-7-11-19/h8-9,12-16,19,24,31H,5-7,10-11H2,1-4H3/b25-23+. The van der Waals surface area contributed by atoms with Gasteiger partial charge in [-0.15, -0.1) is 0 Å². The van der Waals surface area contributed by atoms with Gasteiger partial charge in [0.1, 0.15) is 11.6 Å². The third kappa shape index (κ3) is 4.21. The van der Waals surface area contributed by atoms with Gasteiger partial charge >= 0.3 is 0 Å². The highest BCUT2D eigenvalue weighted by molar-refractivity contribution is 6.46. The molecule has 0 aromatic heterocycles. The molecule has 5 heteroatoms. The highest BCUT2D eigenvalue weighted by Gasteiger charge is 2.49. The number of halogens is 1. The number of hydrogen-bond acceptors (Lipinski definition) is 3. The van der Waals surface area contributed by atoms with Gasteiger partial charge in [-0.1, -0.05) is 70.4 Å². The predicted molar refractivity (Wildman–Crippen MR) is 127 cm³/mol. The van der Waals surface area contributed by atoms with Gasteiger partial charge in [0.25, 0.3) is 11.7 Å². The highest BCUT2D eigenvalue weighted by atomic mass is 19.1. The molecule has 1 aliphatic carbocycles. The molecule has 4 nitrogen and oxygen atoms in total. The minimum Gasteiger partial charge on any atom is -0.507 e. The van der Waals surface area contributed by atoms with Crippen molar-refractivity contribution < 1.29 is 19.1 Å². The van der Waals surface area contributed by atoms with Crippen LogP contribution in [0.15, 0.2) is 48.0 Å². The van der Waals surface area contributed by atoms with Gasteiger partial charge in [0, 0.05) is 17.2 Å². The van der Waals surface area contributed by atoms with Crippen LogP contribution >= 0.6 is 0 Å². The van der Waals surface area contributed by atoms with Crippen molar-refractivity contribution >= 4 is 17.4 Å². The number of rotatable bonds is 3. The van der Waals surface area contributed by atoms with Gasteiger partial charge < -0.3 is 10.0 Å². The summed E-state index contributed by atoms with van der Waals surface area (Å²) in [6, 6.07) is 10.9. The first kappa shape index (κ1) is 23.2. The van der Waals surface area contributed by atoms with Crippen LogP contribution in [0, 0.1) is 12.7 Å². The molecule has 2 aromatic carbocycles. The van der Waals surface area contributed by atoms with E-state index in [2.05, 4.69) is 20.8 Å². The van der Waals surface area contributed by atoms with E-state index in [4.69, 9.17) is 0 Å². The summed E-state index contributed by atoms with van der Waals surface area (Å²) >= 11 is 0. The summed E-state index contributed by atoms with van der Waals surface area (Å²) in [4.78, 5) is 28.1. The number of aliphatic hydroxyl groups excluding tert-OH is 1. The van der Waals surface area contributed by atoms with Gasteiger partial charge in [0.15, 0.2) is 0 Å². The molecule has 1 saturated heterocycles. The molecule has 174 valence electrons. The number of carbonyl (C=O) groups is 2. The quantitative estimate of drug-likeness (QED) is 0.345. The summed E-state index contributed by atoms with van der Waals surface area (Å²) < 4.78 is 15.0. The lowest BCUT2D eigenvalue weighted by molar-refractivity contribution is -0.141. The van der Waals surface area contributed by atoms with Crippen molar-refractivity contribution in [1.29, 1.82) is 0 Å². The Morgan fingerprint density at radius 2 is 1.70 bits per heavy atom. The Morgan fingerprint density at radius 3 is 2.33 bits per heavy atom. The van der Waals surface area contributed by atoms with E-state index in [9.17, 15) is 14.7 Å². The lowest BCUT2D eigenvalue weighted by atomic mass is 9.84. The Hall–Kier alpha value is -2.95. The zero-order chi connectivity index (χ0) is 23.9. The Labute approximate surface area is 195 Å². The second-order valence-electron chi connectivity index (χ2n) is 10.3. The molecule has 1 unspecified atom stereocenters. The minimum atomic E-state index is -0.938. The number of amides is 1. The molecule has 1 saturated carbocycles. The number of hydrogen-bond donors (Lipinski definition) is 1. The second-order valence-corrected chi connectivity index (χ2v) is 10.3. The number of ketones is 1. The topological polar surface area (TPSA) is 57.6 Å². The first-order valence-corrected chi connectivity index (χ1v) is 11.8. The molecule has 1 N–H and O–H groups in total. The number of likely N-dealkylation sites (tertiary alicyclic amines) is 1. The van der Waals surface area contributed by atoms with Crippen molar-refractivity contribution in [3.05, 3.63) is 76.1 Å². The van der Waals surface area contributed by atoms with Crippen LogP contribution in [0.4, 0.5) is 4.39 Å². The van der Waals surface area contributed by atoms with Crippen LogP contribution in [-0.2, 0) is 15.0 Å². The number of aliphatic hydroxyl groups is 1. The minimum absolute atomic E-state index is 0.0233. The van der Waals surface area contributed by atoms with E-state index in [0.29, 0.717) is 5.56 Å². The van der Waals surface area contributed by atoms with E-state index in [-0.39, 0.29) is 28.4 Å². The Morgan fingerprint density at radius 1 is 1.03 bits per heavy atom. The van der Waals surface area contributed by atoms with Crippen LogP contribution in [0.5, 0.6) is 0 Å². The molecule has 1 amide bonds. The van der Waals surface area contributed by atoms with Crippen LogP contribution in [0.2, 0.25) is 0 Å². The summed E-state index contributed by atoms with van der Waals surface area (Å²) in [5, 5.41) is 11.5. The predicted octanol–water partition coefficient (Wildman–Crippen LogP) is 6.19. The first-order chi connectivity index (χ1) is 15.6. The SMILES string of the molecule is Cc1ccc(C(C)(C)C)cc1/C(O)=C1\C(=O)C(=O)N(C2CCCCC2)C1c1ccccc1F. The van der Waals surface area contributed by atoms with Crippen molar-refractivity contribution in [3.8, 4) is 0 Å². The molecule has 2 aromatic rings. The fourth-order valence-electron chi connectivity index (χ4n) is 5.08. The molecule has 33 heavy (non-hydrogen) atoms. The van der Waals surface area contributed by atoms with Gasteiger partial charge in [-0.25, -0.2) is 4.39 Å². The van der Waals surface area contributed by atoms with E-state index in [1.807, 2.05) is 25.1 Å². The average molecular weight is 450 g/mol. The largest absolute Gasteiger partial charge is 0.507 e. The highest BCUT2D eigenvalue weighted by Crippen LogP contribution is 2.44. The van der Waals surface area contributed by atoms with E-state index >= 15 is 4.39 Å². The van der Waals surface area contributed by atoms with Crippen LogP contribution < -0.4 is 0 Å². The van der Waals surface area contributed by atoms with Gasteiger partial charge in [-0.2, -0.15) is 0 Å². The lowest BCUT2D eigenvalue weighted by Gasteiger charge is -2.35. The van der Waals surface area contributed by atoms with E-state index in [1.165, 1.54) is 11.0 Å². The maximum absolute atomic E-state index is 15.0. The van der Waals surface area contributed by atoms with Crippen molar-refractivity contribution in [2.24, 2.45) is 0 Å². The Kier molecular flexibility index (Phi) is 6.17. The molecular weight excluding hydrogens is 417 g/mol. The molecule has 2 fully saturated rings. The number of carbonyl (C=O) groups excluding carboxylic acids is 2. The van der Waals surface area contributed by atoms with Crippen molar-refractivity contribution in [2.75, 3.05) is 0 Å². The maximum atomic E-state index is 15.0. The summed E-state index contributed by atoms with van der Waals surface area (Å²) in [7, 11) is 0. The zero-order valence-corrected chi connectivity index (χ0v) is 19.8. The molecule has 0 spiro atoms. The third-order valence-corrected chi connectivity index (χ3v) is 7.01. The monoisotopic (exact) mass is 449 g/mol. The number of nitrogens with zero attached hydrogens (tertiary/aromatic N) is 1. The van der Waals surface area contributed by atoms with Crippen molar-refractivity contribution in [2.45, 2.75) is 77.3 Å². The van der Waals surface area contributed by atoms with Gasteiger partial charge in [-0.05, 0) is 48.4 Å². The molecule has 2 aliphatic rings. The fraction of sp³-hybridized carbons (Fsp3) is 0.429. The number of benzene rings is 2. The molecule has 1 atom stereocenters. The molecule has 0 bridgehead atoms. The maximum Gasteiger partial charge on any atom is 0.295 e. The molecule has 1 heterocycles. The van der Waals surface area contributed by atoms with E-state index in [1.54, 1.807) is 18.2 Å². The summed E-state index contributed by atoms with van der Waals surface area (Å²) in [6.45, 7) is 8.07. The molecule has 4 rings (SSSR count). The van der Waals surface area contributed by atoms with Crippen LogP contribution in [0.1, 0.15) is 81.2 Å². The summed E-state index contributed by atoms with van der Waals surface area (Å²) in [5.74, 6) is -2.12. The van der Waals surface area contributed by atoms with Gasteiger partial charge in [0.05, 0.1) is 11.6 Å². The van der Waals surface area contributed by atoms with Gasteiger partial charge in [0.2, 0.25) is 0 Å². The molecule has 0 radical (unpaired) electrons. The van der Waals surface area contributed by atoms with Gasteiger partial charge in [-0.3, -0.25) is 9.59 Å². The number of aryl methyl sites for hydroxylation is 1. The Bertz CT molecular complexity index is 1120. The second kappa shape index (κ2) is 8.77.